The van der Waals surface area contributed by atoms with Crippen molar-refractivity contribution in [2.24, 2.45) is 0 Å². The van der Waals surface area contributed by atoms with Crippen LogP contribution < -0.4 is 0 Å². The molecule has 0 aliphatic carbocycles. The van der Waals surface area contributed by atoms with E-state index in [1.54, 1.807) is 6.92 Å². The molecular formula is C14H17NOS. The van der Waals surface area contributed by atoms with E-state index in [9.17, 15) is 4.79 Å². The number of carbonyl (C=O) groups is 1. The van der Waals surface area contributed by atoms with Crippen LogP contribution in [-0.4, -0.2) is 23.1 Å². The average Bonchev–Trinajstić information content (AvgIpc) is 2.51. The zero-order chi connectivity index (χ0) is 12.3. The fourth-order valence-electron chi connectivity index (χ4n) is 1.98. The molecule has 2 rings (SSSR count). The van der Waals surface area contributed by atoms with Crippen LogP contribution in [-0.2, 0) is 11.3 Å². The standard InChI is InChI=1S/C14H17NOS/c1-3-4-12-5-6-14-13(9-12)10-15(11(2)16)7-8-17-14/h3-6,9H,7-8,10H2,1-2H3/b4-3+. The lowest BCUT2D eigenvalue weighted by Crippen LogP contribution is -2.29. The Bertz CT molecular complexity index is 454. The molecule has 1 amide bonds. The molecule has 1 aromatic carbocycles. The molecule has 0 aromatic heterocycles. The zero-order valence-electron chi connectivity index (χ0n) is 10.3. The van der Waals surface area contributed by atoms with Crippen molar-refractivity contribution in [2.45, 2.75) is 25.3 Å². The van der Waals surface area contributed by atoms with Gasteiger partial charge in [-0.3, -0.25) is 4.79 Å². The van der Waals surface area contributed by atoms with Crippen LogP contribution in [0, 0.1) is 0 Å². The molecular weight excluding hydrogens is 230 g/mol. The maximum atomic E-state index is 11.5. The smallest absolute Gasteiger partial charge is 0.219 e. The molecule has 0 fully saturated rings. The van der Waals surface area contributed by atoms with Crippen molar-refractivity contribution in [3.63, 3.8) is 0 Å². The van der Waals surface area contributed by atoms with Crippen LogP contribution in [0.1, 0.15) is 25.0 Å². The molecule has 2 nitrogen and oxygen atoms in total. The number of hydrogen-bond acceptors (Lipinski definition) is 2. The van der Waals surface area contributed by atoms with E-state index in [2.05, 4.69) is 24.3 Å². The van der Waals surface area contributed by atoms with Crippen LogP contribution in [0.15, 0.2) is 29.2 Å². The third-order valence-electron chi connectivity index (χ3n) is 2.87. The summed E-state index contributed by atoms with van der Waals surface area (Å²) in [6, 6.07) is 6.48. The second-order valence-electron chi connectivity index (χ2n) is 4.16. The van der Waals surface area contributed by atoms with Gasteiger partial charge in [0.25, 0.3) is 0 Å². The molecule has 1 aromatic rings. The first-order valence-corrected chi connectivity index (χ1v) is 6.83. The molecule has 3 heteroatoms. The molecule has 1 heterocycles. The van der Waals surface area contributed by atoms with Crippen LogP contribution in [0.25, 0.3) is 6.08 Å². The molecule has 0 saturated carbocycles. The molecule has 0 unspecified atom stereocenters. The number of nitrogens with zero attached hydrogens (tertiary/aromatic N) is 1. The molecule has 0 saturated heterocycles. The Balaban J connectivity index is 2.31. The molecule has 17 heavy (non-hydrogen) atoms. The lowest BCUT2D eigenvalue weighted by Gasteiger charge is -2.18. The first kappa shape index (κ1) is 12.2. The molecule has 0 radical (unpaired) electrons. The minimum atomic E-state index is 0.162. The summed E-state index contributed by atoms with van der Waals surface area (Å²) in [5.41, 5.74) is 2.47. The number of benzene rings is 1. The number of thioether (sulfide) groups is 1. The fourth-order valence-corrected chi connectivity index (χ4v) is 2.98. The predicted octanol–water partition coefficient (Wildman–Crippen LogP) is 3.17. The highest BCUT2D eigenvalue weighted by Crippen LogP contribution is 2.28. The van der Waals surface area contributed by atoms with Gasteiger partial charge in [0, 0.05) is 30.7 Å². The summed E-state index contributed by atoms with van der Waals surface area (Å²) in [6.45, 7) is 5.24. The highest BCUT2D eigenvalue weighted by Gasteiger charge is 2.16. The van der Waals surface area contributed by atoms with Crippen molar-refractivity contribution in [1.29, 1.82) is 0 Å². The summed E-state index contributed by atoms with van der Waals surface area (Å²) < 4.78 is 0. The van der Waals surface area contributed by atoms with E-state index in [0.29, 0.717) is 0 Å². The van der Waals surface area contributed by atoms with Gasteiger partial charge in [-0.2, -0.15) is 0 Å². The third-order valence-corrected chi connectivity index (χ3v) is 3.96. The lowest BCUT2D eigenvalue weighted by molar-refractivity contribution is -0.129. The average molecular weight is 247 g/mol. The van der Waals surface area contributed by atoms with Crippen molar-refractivity contribution in [2.75, 3.05) is 12.3 Å². The molecule has 1 aliphatic heterocycles. The van der Waals surface area contributed by atoms with E-state index in [0.717, 1.165) is 18.8 Å². The Morgan fingerprint density at radius 3 is 3.00 bits per heavy atom. The number of fused-ring (bicyclic) bond motifs is 1. The van der Waals surface area contributed by atoms with E-state index in [4.69, 9.17) is 0 Å². The van der Waals surface area contributed by atoms with Crippen molar-refractivity contribution < 1.29 is 4.79 Å². The van der Waals surface area contributed by atoms with Gasteiger partial charge in [-0.15, -0.1) is 11.8 Å². The number of carbonyl (C=O) groups excluding carboxylic acids is 1. The van der Waals surface area contributed by atoms with E-state index in [1.165, 1.54) is 16.0 Å². The topological polar surface area (TPSA) is 20.3 Å². The van der Waals surface area contributed by atoms with Gasteiger partial charge in [-0.05, 0) is 30.2 Å². The van der Waals surface area contributed by atoms with Crippen LogP contribution in [0.2, 0.25) is 0 Å². The third kappa shape index (κ3) is 2.91. The Morgan fingerprint density at radius 1 is 1.47 bits per heavy atom. The number of rotatable bonds is 1. The maximum Gasteiger partial charge on any atom is 0.219 e. The SMILES string of the molecule is C/C=C/c1ccc2c(c1)CN(C(C)=O)CCS2. The van der Waals surface area contributed by atoms with Crippen LogP contribution in [0.4, 0.5) is 0 Å². The lowest BCUT2D eigenvalue weighted by atomic mass is 10.1. The first-order valence-electron chi connectivity index (χ1n) is 5.84. The normalized spacial score (nSPS) is 15.8. The van der Waals surface area contributed by atoms with Crippen LogP contribution in [0.3, 0.4) is 0 Å². The van der Waals surface area contributed by atoms with Gasteiger partial charge in [0.2, 0.25) is 5.91 Å². The van der Waals surface area contributed by atoms with Crippen LogP contribution >= 0.6 is 11.8 Å². The summed E-state index contributed by atoms with van der Waals surface area (Å²) in [6.07, 6.45) is 4.13. The number of allylic oxidation sites excluding steroid dienone is 1. The Kier molecular flexibility index (Phi) is 3.89. The van der Waals surface area contributed by atoms with E-state index in [-0.39, 0.29) is 5.91 Å². The van der Waals surface area contributed by atoms with Gasteiger partial charge < -0.3 is 4.90 Å². The van der Waals surface area contributed by atoms with Gasteiger partial charge in [0.05, 0.1) is 0 Å². The van der Waals surface area contributed by atoms with E-state index < -0.39 is 0 Å². The van der Waals surface area contributed by atoms with Gasteiger partial charge in [-0.25, -0.2) is 0 Å². The maximum absolute atomic E-state index is 11.5. The largest absolute Gasteiger partial charge is 0.338 e. The monoisotopic (exact) mass is 247 g/mol. The number of hydrogen-bond donors (Lipinski definition) is 0. The van der Waals surface area contributed by atoms with Gasteiger partial charge in [0.15, 0.2) is 0 Å². The van der Waals surface area contributed by atoms with Crippen molar-refractivity contribution >= 4 is 23.7 Å². The Morgan fingerprint density at radius 2 is 2.29 bits per heavy atom. The molecule has 90 valence electrons. The van der Waals surface area contributed by atoms with Crippen molar-refractivity contribution in [1.82, 2.24) is 4.90 Å². The zero-order valence-corrected chi connectivity index (χ0v) is 11.1. The van der Waals surface area contributed by atoms with Crippen molar-refractivity contribution in [3.8, 4) is 0 Å². The van der Waals surface area contributed by atoms with E-state index >= 15 is 0 Å². The molecule has 0 atom stereocenters. The predicted molar refractivity (Wildman–Crippen MR) is 73.0 cm³/mol. The summed E-state index contributed by atoms with van der Waals surface area (Å²) in [7, 11) is 0. The fraction of sp³-hybridized carbons (Fsp3) is 0.357. The van der Waals surface area contributed by atoms with Crippen LogP contribution in [0.5, 0.6) is 0 Å². The molecule has 0 bridgehead atoms. The minimum Gasteiger partial charge on any atom is -0.338 e. The van der Waals surface area contributed by atoms with Gasteiger partial charge in [-0.1, -0.05) is 18.2 Å². The number of amides is 1. The van der Waals surface area contributed by atoms with Gasteiger partial charge in [0.1, 0.15) is 0 Å². The first-order chi connectivity index (χ1) is 8.20. The Labute approximate surface area is 107 Å². The molecule has 0 spiro atoms. The molecule has 0 N–H and O–H groups in total. The minimum absolute atomic E-state index is 0.162. The quantitative estimate of drug-likeness (QED) is 0.759. The Hall–Kier alpha value is -1.22. The second-order valence-corrected chi connectivity index (χ2v) is 5.29. The second kappa shape index (κ2) is 5.41. The molecule has 1 aliphatic rings. The summed E-state index contributed by atoms with van der Waals surface area (Å²) in [5, 5.41) is 0. The van der Waals surface area contributed by atoms with Crippen molar-refractivity contribution in [3.05, 3.63) is 35.4 Å². The highest BCUT2D eigenvalue weighted by atomic mass is 32.2. The van der Waals surface area contributed by atoms with E-state index in [1.807, 2.05) is 29.7 Å². The van der Waals surface area contributed by atoms with Gasteiger partial charge >= 0.3 is 0 Å². The highest BCUT2D eigenvalue weighted by molar-refractivity contribution is 7.99. The summed E-state index contributed by atoms with van der Waals surface area (Å²) >= 11 is 1.84. The summed E-state index contributed by atoms with van der Waals surface area (Å²) in [5.74, 6) is 1.14. The summed E-state index contributed by atoms with van der Waals surface area (Å²) in [4.78, 5) is 14.7.